The number of rotatable bonds is 19. The minimum Gasteiger partial charge on any atom is -0.490 e. The van der Waals surface area contributed by atoms with Crippen molar-refractivity contribution in [1.29, 1.82) is 0 Å². The Kier molecular flexibility index (Phi) is 15.9. The van der Waals surface area contributed by atoms with Gasteiger partial charge in [0, 0.05) is 34.1 Å². The molecule has 0 aromatic heterocycles. The summed E-state index contributed by atoms with van der Waals surface area (Å²) in [7, 11) is 0. The summed E-state index contributed by atoms with van der Waals surface area (Å²) in [6.07, 6.45) is 3.52. The molecule has 2 atom stereocenters. The van der Waals surface area contributed by atoms with Gasteiger partial charge in [0.05, 0.1) is 10.8 Å². The molecule has 2 aliphatic rings. The summed E-state index contributed by atoms with van der Waals surface area (Å²) in [4.78, 5) is 4.43. The molecule has 2 unspecified atom stereocenters. The Balaban J connectivity index is 0.792. The van der Waals surface area contributed by atoms with Crippen molar-refractivity contribution in [3.05, 3.63) is 421 Å². The first-order chi connectivity index (χ1) is 48.3. The Morgan fingerprint density at radius 2 is 0.531 bits per heavy atom. The molecule has 6 heteroatoms. The van der Waals surface area contributed by atoms with Gasteiger partial charge >= 0.3 is 0 Å². The molecule has 98 heavy (non-hydrogen) atoms. The van der Waals surface area contributed by atoms with E-state index < -0.39 is 10.8 Å². The zero-order valence-electron chi connectivity index (χ0n) is 53.8. The maximum Gasteiger partial charge on any atom is 0.123 e. The summed E-state index contributed by atoms with van der Waals surface area (Å²) in [5, 5.41) is 0. The standard InChI is InChI=1S/C92H66F2N2O2/c1-3-57-97-81-49-31-71(32-50-81)91(69-21-13-7-14-22-69)87-59-67(63-17-9-5-10-18-63)29-53-83(87)85-55-47-79(61-89(85)91)95(77-43-35-73(93)36-44-77)75-39-25-65(26-40-75)66-27-41-76(42-28-66)96(78-45-37-74(94)38-46-78)80-48-56-86-84-54-30-68(64-19-11-6-12-20-64)60-88(84)92(90(86)62-80,70-23-15-8-16-24-70)72-33-51-82(52-34-72)98-58-4-2/h3-56,59-62H,1-2,57-58H2. The molecule has 0 amide bonds. The van der Waals surface area contributed by atoms with Crippen LogP contribution in [0.15, 0.2) is 365 Å². The van der Waals surface area contributed by atoms with Gasteiger partial charge in [0.2, 0.25) is 0 Å². The smallest absolute Gasteiger partial charge is 0.123 e. The van der Waals surface area contributed by atoms with E-state index in [0.717, 1.165) is 135 Å². The van der Waals surface area contributed by atoms with Crippen LogP contribution in [0.25, 0.3) is 55.6 Å². The lowest BCUT2D eigenvalue weighted by Gasteiger charge is -2.35. The van der Waals surface area contributed by atoms with Crippen molar-refractivity contribution < 1.29 is 18.3 Å². The van der Waals surface area contributed by atoms with Crippen LogP contribution >= 0.6 is 0 Å². The first kappa shape index (κ1) is 60.6. The molecule has 16 rings (SSSR count). The Labute approximate surface area is 571 Å². The van der Waals surface area contributed by atoms with Crippen molar-refractivity contribution in [1.82, 2.24) is 0 Å². The van der Waals surface area contributed by atoms with E-state index in [1.165, 1.54) is 35.4 Å². The third-order valence-electron chi connectivity index (χ3n) is 19.5. The summed E-state index contributed by atoms with van der Waals surface area (Å²) in [5.74, 6) is 0.890. The predicted octanol–water partition coefficient (Wildman–Crippen LogP) is 23.8. The number of fused-ring (bicyclic) bond motifs is 6. The van der Waals surface area contributed by atoms with E-state index >= 15 is 8.78 Å². The Morgan fingerprint density at radius 3 is 0.867 bits per heavy atom. The minimum absolute atomic E-state index is 0.316. The van der Waals surface area contributed by atoms with Crippen LogP contribution in [0.5, 0.6) is 11.5 Å². The lowest BCUT2D eigenvalue weighted by molar-refractivity contribution is 0.363. The van der Waals surface area contributed by atoms with E-state index in [2.05, 4.69) is 314 Å². The number of hydrogen-bond donors (Lipinski definition) is 0. The molecule has 0 saturated carbocycles. The fourth-order valence-electron chi connectivity index (χ4n) is 15.1. The van der Waals surface area contributed by atoms with E-state index in [1.807, 2.05) is 24.3 Å². The zero-order valence-corrected chi connectivity index (χ0v) is 53.8. The highest BCUT2D eigenvalue weighted by Gasteiger charge is 2.48. The van der Waals surface area contributed by atoms with Crippen molar-refractivity contribution in [3.63, 3.8) is 0 Å². The van der Waals surface area contributed by atoms with Crippen LogP contribution < -0.4 is 19.3 Å². The van der Waals surface area contributed by atoms with Gasteiger partial charge in [-0.1, -0.05) is 232 Å². The average molecular weight is 1270 g/mol. The second-order valence-corrected chi connectivity index (χ2v) is 24.9. The molecule has 0 aliphatic heterocycles. The summed E-state index contributed by atoms with van der Waals surface area (Å²) in [5.41, 5.74) is 23.9. The highest BCUT2D eigenvalue weighted by atomic mass is 19.1. The maximum atomic E-state index is 15.1. The average Bonchev–Trinajstić information content (AvgIpc) is 1.53. The first-order valence-electron chi connectivity index (χ1n) is 33.1. The molecule has 0 heterocycles. The van der Waals surface area contributed by atoms with Gasteiger partial charge in [-0.2, -0.15) is 0 Å². The van der Waals surface area contributed by atoms with E-state index in [4.69, 9.17) is 9.47 Å². The van der Waals surface area contributed by atoms with Gasteiger partial charge < -0.3 is 19.3 Å². The van der Waals surface area contributed by atoms with Crippen molar-refractivity contribution in [2.24, 2.45) is 0 Å². The molecular weight excluding hydrogens is 1200 g/mol. The lowest BCUT2D eigenvalue weighted by atomic mass is 9.67. The lowest BCUT2D eigenvalue weighted by Crippen LogP contribution is -2.29. The van der Waals surface area contributed by atoms with Gasteiger partial charge in [-0.15, -0.1) is 0 Å². The molecule has 2 aliphatic carbocycles. The fourth-order valence-corrected chi connectivity index (χ4v) is 15.1. The summed E-state index contributed by atoms with van der Waals surface area (Å²) < 4.78 is 42.3. The highest BCUT2D eigenvalue weighted by Crippen LogP contribution is 2.60. The number of anilines is 6. The molecular formula is C92H66F2N2O2. The number of nitrogens with zero attached hydrogens (tertiary/aromatic N) is 2. The molecule has 0 fully saturated rings. The van der Waals surface area contributed by atoms with Crippen LogP contribution in [0.4, 0.5) is 42.9 Å². The Hall–Kier alpha value is -12.4. The Morgan fingerprint density at radius 1 is 0.265 bits per heavy atom. The van der Waals surface area contributed by atoms with Crippen molar-refractivity contribution in [3.8, 4) is 67.1 Å². The van der Waals surface area contributed by atoms with Crippen LogP contribution in [-0.2, 0) is 10.8 Å². The molecule has 14 aromatic rings. The SMILES string of the molecule is C=CCOc1ccc(C2(c3ccccc3)c3cc(-c4ccccc4)ccc3-c3ccc(N(c4ccc(F)cc4)c4ccc(-c5ccc(N(c6ccc(F)cc6)c6ccc7c(c6)C(c6ccccc6)(c6ccc(OCC=C)cc6)c6cc(-c8ccccc8)ccc6-7)cc5)cc4)cc32)cc1. The fraction of sp³-hybridized carbons (Fsp3) is 0.0435. The molecule has 0 spiro atoms. The third kappa shape index (κ3) is 10.6. The zero-order chi connectivity index (χ0) is 66.2. The van der Waals surface area contributed by atoms with Gasteiger partial charge in [0.15, 0.2) is 0 Å². The monoisotopic (exact) mass is 1270 g/mol. The highest BCUT2D eigenvalue weighted by molar-refractivity contribution is 5.94. The van der Waals surface area contributed by atoms with Crippen LogP contribution in [0.3, 0.4) is 0 Å². The Bertz CT molecular complexity index is 4890. The van der Waals surface area contributed by atoms with Crippen molar-refractivity contribution in [2.75, 3.05) is 23.0 Å². The number of ether oxygens (including phenoxy) is 2. The van der Waals surface area contributed by atoms with E-state index in [9.17, 15) is 0 Å². The summed E-state index contributed by atoms with van der Waals surface area (Å²) in [6.45, 7) is 8.57. The van der Waals surface area contributed by atoms with Gasteiger partial charge in [-0.25, -0.2) is 8.78 Å². The van der Waals surface area contributed by atoms with Crippen LogP contribution in [0.1, 0.15) is 44.5 Å². The van der Waals surface area contributed by atoms with Gasteiger partial charge in [-0.05, 0) is 234 Å². The second kappa shape index (κ2) is 25.7. The molecule has 14 aromatic carbocycles. The second-order valence-electron chi connectivity index (χ2n) is 24.9. The normalized spacial score (nSPS) is 14.7. The molecule has 0 N–H and O–H groups in total. The molecule has 470 valence electrons. The van der Waals surface area contributed by atoms with Gasteiger partial charge in [-0.3, -0.25) is 0 Å². The molecule has 0 radical (unpaired) electrons. The molecule has 4 nitrogen and oxygen atoms in total. The maximum absolute atomic E-state index is 15.1. The van der Waals surface area contributed by atoms with E-state index in [1.54, 1.807) is 12.2 Å². The number of benzene rings is 14. The first-order valence-corrected chi connectivity index (χ1v) is 33.1. The van der Waals surface area contributed by atoms with Crippen molar-refractivity contribution >= 4 is 34.1 Å². The van der Waals surface area contributed by atoms with Crippen molar-refractivity contribution in [2.45, 2.75) is 10.8 Å². The minimum atomic E-state index is -0.763. The number of halogens is 2. The molecule has 0 saturated heterocycles. The summed E-state index contributed by atoms with van der Waals surface area (Å²) >= 11 is 0. The van der Waals surface area contributed by atoms with Gasteiger partial charge in [0.1, 0.15) is 36.3 Å². The topological polar surface area (TPSA) is 24.9 Å². The van der Waals surface area contributed by atoms with Crippen LogP contribution in [-0.4, -0.2) is 13.2 Å². The van der Waals surface area contributed by atoms with Crippen LogP contribution in [0.2, 0.25) is 0 Å². The van der Waals surface area contributed by atoms with Crippen LogP contribution in [0, 0.1) is 11.6 Å². The number of hydrogen-bond acceptors (Lipinski definition) is 4. The quantitative estimate of drug-likeness (QED) is 0.0754. The molecule has 0 bridgehead atoms. The largest absolute Gasteiger partial charge is 0.490 e. The third-order valence-corrected chi connectivity index (χ3v) is 19.5. The predicted molar refractivity (Wildman–Crippen MR) is 398 cm³/mol. The van der Waals surface area contributed by atoms with E-state index in [0.29, 0.717) is 13.2 Å². The van der Waals surface area contributed by atoms with E-state index in [-0.39, 0.29) is 11.6 Å². The van der Waals surface area contributed by atoms with Gasteiger partial charge in [0.25, 0.3) is 0 Å². The summed E-state index contributed by atoms with van der Waals surface area (Å²) in [6, 6.07) is 118.